The summed E-state index contributed by atoms with van der Waals surface area (Å²) in [5.41, 5.74) is 1.73. The van der Waals surface area contributed by atoms with Crippen molar-refractivity contribution >= 4 is 48.8 Å². The molecule has 2 aromatic heterocycles. The van der Waals surface area contributed by atoms with E-state index in [-0.39, 0.29) is 0 Å². The molecule has 0 unspecified atom stereocenters. The van der Waals surface area contributed by atoms with Crippen LogP contribution in [-0.2, 0) is 4.79 Å². The summed E-state index contributed by atoms with van der Waals surface area (Å²) >= 11 is 3.28. The third-order valence-corrected chi connectivity index (χ3v) is 5.69. The maximum absolute atomic E-state index is 12.0. The molecule has 0 atom stereocenters. The first-order chi connectivity index (χ1) is 10.8. The fourth-order valence-corrected chi connectivity index (χ4v) is 4.61. The lowest BCUT2D eigenvalue weighted by atomic mass is 9.88. The van der Waals surface area contributed by atoms with Crippen LogP contribution in [0.15, 0.2) is 59.3 Å². The van der Waals surface area contributed by atoms with Gasteiger partial charge in [-0.15, -0.1) is 22.7 Å². The topological polar surface area (TPSA) is 37.3 Å². The van der Waals surface area contributed by atoms with Gasteiger partial charge in [-0.2, -0.15) is 0 Å². The Labute approximate surface area is 135 Å². The van der Waals surface area contributed by atoms with Gasteiger partial charge in [0.25, 0.3) is 0 Å². The third kappa shape index (κ3) is 2.03. The monoisotopic (exact) mass is 324 g/mol. The largest absolute Gasteiger partial charge is 0.481 e. The molecule has 4 rings (SSSR count). The summed E-state index contributed by atoms with van der Waals surface area (Å²) in [5.74, 6) is -1.45. The molecule has 22 heavy (non-hydrogen) atoms. The van der Waals surface area contributed by atoms with Gasteiger partial charge in [0.2, 0.25) is 0 Å². The SMILES string of the molecule is O=C(O)C(c1cccc2sccc12)c1cccc2sccc12. The van der Waals surface area contributed by atoms with Gasteiger partial charge in [0, 0.05) is 9.40 Å². The molecule has 0 radical (unpaired) electrons. The zero-order chi connectivity index (χ0) is 15.1. The van der Waals surface area contributed by atoms with Crippen molar-refractivity contribution in [3.05, 3.63) is 70.4 Å². The van der Waals surface area contributed by atoms with Crippen molar-refractivity contribution in [2.45, 2.75) is 5.92 Å². The summed E-state index contributed by atoms with van der Waals surface area (Å²) in [6.07, 6.45) is 0. The molecule has 4 heteroatoms. The molecule has 2 aromatic carbocycles. The molecule has 1 N–H and O–H groups in total. The average molecular weight is 324 g/mol. The van der Waals surface area contributed by atoms with E-state index in [9.17, 15) is 9.90 Å². The molecular formula is C18H12O2S2. The fraction of sp³-hybridized carbons (Fsp3) is 0.0556. The number of carbonyl (C=O) groups is 1. The standard InChI is InChI=1S/C18H12O2S2/c19-18(20)17(13-3-1-5-15-11(13)7-9-21-15)14-4-2-6-16-12(14)8-10-22-16/h1-10,17H,(H,19,20). The van der Waals surface area contributed by atoms with Gasteiger partial charge in [0.15, 0.2) is 0 Å². The molecule has 2 heterocycles. The Morgan fingerprint density at radius 3 is 1.77 bits per heavy atom. The second kappa shape index (κ2) is 5.23. The molecule has 0 saturated heterocycles. The minimum atomic E-state index is -0.808. The second-order valence-corrected chi connectivity index (χ2v) is 7.03. The Morgan fingerprint density at radius 1 is 0.818 bits per heavy atom. The Morgan fingerprint density at radius 2 is 1.32 bits per heavy atom. The van der Waals surface area contributed by atoms with Crippen LogP contribution in [0.2, 0.25) is 0 Å². The van der Waals surface area contributed by atoms with Crippen molar-refractivity contribution in [3.63, 3.8) is 0 Å². The van der Waals surface area contributed by atoms with Crippen LogP contribution in [0.1, 0.15) is 17.0 Å². The zero-order valence-corrected chi connectivity index (χ0v) is 13.2. The molecule has 0 fully saturated rings. The smallest absolute Gasteiger partial charge is 0.315 e. The Hall–Kier alpha value is -2.17. The van der Waals surface area contributed by atoms with Crippen LogP contribution in [-0.4, -0.2) is 11.1 Å². The number of benzene rings is 2. The van der Waals surface area contributed by atoms with E-state index in [2.05, 4.69) is 0 Å². The Balaban J connectivity index is 2.01. The van der Waals surface area contributed by atoms with Crippen LogP contribution in [0.25, 0.3) is 20.2 Å². The summed E-state index contributed by atoms with van der Waals surface area (Å²) in [5, 5.41) is 16.0. The summed E-state index contributed by atoms with van der Waals surface area (Å²) in [6, 6.07) is 15.8. The van der Waals surface area contributed by atoms with E-state index >= 15 is 0 Å². The maximum atomic E-state index is 12.0. The number of aliphatic carboxylic acids is 1. The highest BCUT2D eigenvalue weighted by molar-refractivity contribution is 7.17. The van der Waals surface area contributed by atoms with Crippen LogP contribution in [0.3, 0.4) is 0 Å². The molecule has 0 aliphatic carbocycles. The van der Waals surface area contributed by atoms with Gasteiger partial charge in [-0.05, 0) is 56.9 Å². The molecule has 4 aromatic rings. The second-order valence-electron chi connectivity index (χ2n) is 5.13. The summed E-state index contributed by atoms with van der Waals surface area (Å²) in [7, 11) is 0. The van der Waals surface area contributed by atoms with Crippen molar-refractivity contribution in [2.75, 3.05) is 0 Å². The number of hydrogen-bond donors (Lipinski definition) is 1. The van der Waals surface area contributed by atoms with Crippen LogP contribution in [0.5, 0.6) is 0 Å². The highest BCUT2D eigenvalue weighted by Gasteiger charge is 2.26. The lowest BCUT2D eigenvalue weighted by Gasteiger charge is -2.16. The minimum absolute atomic E-state index is 0.642. The molecule has 0 saturated carbocycles. The normalized spacial score (nSPS) is 11.5. The number of carboxylic acid groups (broad SMARTS) is 1. The van der Waals surface area contributed by atoms with Crippen molar-refractivity contribution in [2.24, 2.45) is 0 Å². The first-order valence-electron chi connectivity index (χ1n) is 6.91. The average Bonchev–Trinajstić information content (AvgIpc) is 3.16. The number of rotatable bonds is 3. The van der Waals surface area contributed by atoms with Gasteiger partial charge in [-0.1, -0.05) is 24.3 Å². The van der Waals surface area contributed by atoms with Crippen molar-refractivity contribution in [1.82, 2.24) is 0 Å². The molecular weight excluding hydrogens is 312 g/mol. The van der Waals surface area contributed by atoms with Crippen LogP contribution in [0, 0.1) is 0 Å². The van der Waals surface area contributed by atoms with Gasteiger partial charge in [-0.3, -0.25) is 4.79 Å². The van der Waals surface area contributed by atoms with Crippen molar-refractivity contribution in [3.8, 4) is 0 Å². The van der Waals surface area contributed by atoms with Crippen LogP contribution >= 0.6 is 22.7 Å². The van der Waals surface area contributed by atoms with Crippen molar-refractivity contribution in [1.29, 1.82) is 0 Å². The summed E-state index contributed by atoms with van der Waals surface area (Å²) in [4.78, 5) is 12.0. The van der Waals surface area contributed by atoms with E-state index in [1.54, 1.807) is 22.7 Å². The maximum Gasteiger partial charge on any atom is 0.315 e. The predicted octanol–water partition coefficient (Wildman–Crippen LogP) is 5.33. The van der Waals surface area contributed by atoms with Gasteiger partial charge in [0.05, 0.1) is 0 Å². The number of hydrogen-bond acceptors (Lipinski definition) is 3. The zero-order valence-electron chi connectivity index (χ0n) is 11.5. The molecule has 0 amide bonds. The lowest BCUT2D eigenvalue weighted by molar-refractivity contribution is -0.137. The van der Waals surface area contributed by atoms with Gasteiger partial charge in [-0.25, -0.2) is 0 Å². The molecule has 0 spiro atoms. The molecule has 108 valence electrons. The summed E-state index contributed by atoms with van der Waals surface area (Å²) < 4.78 is 2.25. The first-order valence-corrected chi connectivity index (χ1v) is 8.66. The van der Waals surface area contributed by atoms with E-state index in [0.717, 1.165) is 31.3 Å². The van der Waals surface area contributed by atoms with E-state index < -0.39 is 11.9 Å². The van der Waals surface area contributed by atoms with E-state index in [1.165, 1.54) is 0 Å². The van der Waals surface area contributed by atoms with Gasteiger partial charge in [0.1, 0.15) is 5.92 Å². The molecule has 0 bridgehead atoms. The fourth-order valence-electron chi connectivity index (χ4n) is 2.97. The van der Waals surface area contributed by atoms with Gasteiger partial charge < -0.3 is 5.11 Å². The molecule has 0 aliphatic heterocycles. The summed E-state index contributed by atoms with van der Waals surface area (Å²) in [6.45, 7) is 0. The van der Waals surface area contributed by atoms with E-state index in [0.29, 0.717) is 0 Å². The van der Waals surface area contributed by atoms with Crippen LogP contribution in [0.4, 0.5) is 0 Å². The molecule has 0 aliphatic rings. The Bertz CT molecular complexity index is 907. The number of carboxylic acids is 1. The van der Waals surface area contributed by atoms with E-state index in [1.807, 2.05) is 59.3 Å². The third-order valence-electron chi connectivity index (χ3n) is 3.93. The molecule has 2 nitrogen and oxygen atoms in total. The predicted molar refractivity (Wildman–Crippen MR) is 93.1 cm³/mol. The van der Waals surface area contributed by atoms with Gasteiger partial charge >= 0.3 is 5.97 Å². The van der Waals surface area contributed by atoms with Crippen LogP contribution < -0.4 is 0 Å². The highest BCUT2D eigenvalue weighted by atomic mass is 32.1. The lowest BCUT2D eigenvalue weighted by Crippen LogP contribution is -2.13. The van der Waals surface area contributed by atoms with E-state index in [4.69, 9.17) is 0 Å². The minimum Gasteiger partial charge on any atom is -0.481 e. The number of fused-ring (bicyclic) bond motifs is 2. The number of thiophene rings is 2. The Kier molecular flexibility index (Phi) is 3.21. The van der Waals surface area contributed by atoms with Crippen molar-refractivity contribution < 1.29 is 9.90 Å². The highest BCUT2D eigenvalue weighted by Crippen LogP contribution is 2.37. The quantitative estimate of drug-likeness (QED) is 0.553. The first kappa shape index (κ1) is 13.5.